The smallest absolute Gasteiger partial charge is 0.416 e. The molecule has 2 rings (SSSR count). The zero-order valence-corrected chi connectivity index (χ0v) is 10.5. The summed E-state index contributed by atoms with van der Waals surface area (Å²) in [5.74, 6) is 0.541. The average molecular weight is 277 g/mol. The Hall–Kier alpha value is -2.48. The fourth-order valence-electron chi connectivity index (χ4n) is 1.83. The van der Waals surface area contributed by atoms with Gasteiger partial charge in [0, 0.05) is 5.56 Å². The van der Waals surface area contributed by atoms with Crippen LogP contribution in [0.15, 0.2) is 42.5 Å². The summed E-state index contributed by atoms with van der Waals surface area (Å²) in [6, 6.07) is 11.5. The van der Waals surface area contributed by atoms with E-state index in [1.165, 1.54) is 19.2 Å². The summed E-state index contributed by atoms with van der Waals surface area (Å²) in [4.78, 5) is 0. The molecule has 2 aromatic carbocycles. The third-order valence-corrected chi connectivity index (χ3v) is 2.87. The van der Waals surface area contributed by atoms with Gasteiger partial charge in [0.05, 0.1) is 24.3 Å². The normalized spacial score (nSPS) is 10.9. The predicted octanol–water partition coefficient (Wildman–Crippen LogP) is 4.25. The molecule has 0 aliphatic carbocycles. The molecule has 0 atom stereocenters. The third-order valence-electron chi connectivity index (χ3n) is 2.87. The topological polar surface area (TPSA) is 33.0 Å². The fraction of sp³-hybridized carbons (Fsp3) is 0.133. The van der Waals surface area contributed by atoms with Crippen LogP contribution in [0, 0.1) is 11.3 Å². The van der Waals surface area contributed by atoms with E-state index >= 15 is 0 Å². The van der Waals surface area contributed by atoms with E-state index in [0.29, 0.717) is 22.4 Å². The number of ether oxygens (including phenoxy) is 1. The van der Waals surface area contributed by atoms with E-state index in [1.54, 1.807) is 18.2 Å². The maximum Gasteiger partial charge on any atom is 0.416 e. The molecule has 0 aliphatic heterocycles. The summed E-state index contributed by atoms with van der Waals surface area (Å²) in [7, 11) is 1.48. The molecule has 5 heteroatoms. The highest BCUT2D eigenvalue weighted by atomic mass is 19.4. The second-order valence-corrected chi connectivity index (χ2v) is 4.10. The van der Waals surface area contributed by atoms with Crippen molar-refractivity contribution >= 4 is 0 Å². The van der Waals surface area contributed by atoms with Crippen LogP contribution in [0.3, 0.4) is 0 Å². The first-order chi connectivity index (χ1) is 9.45. The van der Waals surface area contributed by atoms with E-state index < -0.39 is 11.7 Å². The number of rotatable bonds is 2. The van der Waals surface area contributed by atoms with Crippen LogP contribution in [0.4, 0.5) is 13.2 Å². The molecule has 0 aliphatic rings. The molecule has 20 heavy (non-hydrogen) atoms. The number of nitrogens with zero attached hydrogens (tertiary/aromatic N) is 1. The zero-order chi connectivity index (χ0) is 14.8. The van der Waals surface area contributed by atoms with Gasteiger partial charge in [0.2, 0.25) is 0 Å². The van der Waals surface area contributed by atoms with Gasteiger partial charge in [0.1, 0.15) is 5.75 Å². The van der Waals surface area contributed by atoms with Gasteiger partial charge in [-0.25, -0.2) is 0 Å². The van der Waals surface area contributed by atoms with Crippen molar-refractivity contribution in [2.24, 2.45) is 0 Å². The Morgan fingerprint density at radius 3 is 2.20 bits per heavy atom. The Kier molecular flexibility index (Phi) is 3.66. The van der Waals surface area contributed by atoms with E-state index in [0.717, 1.165) is 12.1 Å². The summed E-state index contributed by atoms with van der Waals surface area (Å²) in [5, 5.41) is 9.06. The van der Waals surface area contributed by atoms with E-state index in [2.05, 4.69) is 0 Å². The lowest BCUT2D eigenvalue weighted by atomic mass is 9.99. The Labute approximate surface area is 114 Å². The lowest BCUT2D eigenvalue weighted by Crippen LogP contribution is -2.04. The highest BCUT2D eigenvalue weighted by Crippen LogP contribution is 2.32. The van der Waals surface area contributed by atoms with Crippen LogP contribution in [0.25, 0.3) is 11.1 Å². The van der Waals surface area contributed by atoms with Gasteiger partial charge in [-0.15, -0.1) is 0 Å². The van der Waals surface area contributed by atoms with Gasteiger partial charge in [0.15, 0.2) is 0 Å². The van der Waals surface area contributed by atoms with E-state index in [1.807, 2.05) is 6.07 Å². The van der Waals surface area contributed by atoms with Gasteiger partial charge >= 0.3 is 6.18 Å². The maximum atomic E-state index is 12.5. The molecule has 0 spiro atoms. The van der Waals surface area contributed by atoms with Crippen LogP contribution in [0.2, 0.25) is 0 Å². The highest BCUT2D eigenvalue weighted by Gasteiger charge is 2.30. The first-order valence-corrected chi connectivity index (χ1v) is 5.71. The predicted molar refractivity (Wildman–Crippen MR) is 68.1 cm³/mol. The van der Waals surface area contributed by atoms with Crippen LogP contribution in [-0.2, 0) is 6.18 Å². The van der Waals surface area contributed by atoms with Crippen molar-refractivity contribution in [3.05, 3.63) is 53.6 Å². The van der Waals surface area contributed by atoms with Crippen molar-refractivity contribution in [1.82, 2.24) is 0 Å². The Balaban J connectivity index is 2.49. The molecule has 0 radical (unpaired) electrons. The van der Waals surface area contributed by atoms with Gasteiger partial charge in [-0.3, -0.25) is 0 Å². The standard InChI is InChI=1S/C15H10F3NO/c1-20-13-7-4-11(9-19)14(8-13)10-2-5-12(6-3-10)15(16,17)18/h2-8H,1H3. The number of benzene rings is 2. The summed E-state index contributed by atoms with van der Waals surface area (Å²) in [6.07, 6.45) is -4.37. The molecule has 102 valence electrons. The highest BCUT2D eigenvalue weighted by molar-refractivity contribution is 5.72. The number of hydrogen-bond donors (Lipinski definition) is 0. The second kappa shape index (κ2) is 5.25. The molecule has 0 fully saturated rings. The maximum absolute atomic E-state index is 12.5. The van der Waals surface area contributed by atoms with Crippen molar-refractivity contribution in [2.75, 3.05) is 7.11 Å². The minimum Gasteiger partial charge on any atom is -0.497 e. The summed E-state index contributed by atoms with van der Waals surface area (Å²) < 4.78 is 42.6. The van der Waals surface area contributed by atoms with Gasteiger partial charge in [-0.2, -0.15) is 18.4 Å². The number of nitriles is 1. The molecule has 0 aromatic heterocycles. The van der Waals surface area contributed by atoms with Crippen LogP contribution in [0.5, 0.6) is 5.75 Å². The molecule has 2 nitrogen and oxygen atoms in total. The van der Waals surface area contributed by atoms with Gasteiger partial charge in [-0.1, -0.05) is 12.1 Å². The Morgan fingerprint density at radius 2 is 1.70 bits per heavy atom. The summed E-state index contributed by atoms with van der Waals surface area (Å²) >= 11 is 0. The molecule has 0 saturated carbocycles. The lowest BCUT2D eigenvalue weighted by Gasteiger charge is -2.10. The molecule has 0 saturated heterocycles. The number of methoxy groups -OCH3 is 1. The molecule has 0 N–H and O–H groups in total. The lowest BCUT2D eigenvalue weighted by molar-refractivity contribution is -0.137. The van der Waals surface area contributed by atoms with Crippen molar-refractivity contribution in [3.63, 3.8) is 0 Å². The van der Waals surface area contributed by atoms with E-state index in [9.17, 15) is 13.2 Å². The number of alkyl halides is 3. The van der Waals surface area contributed by atoms with Crippen molar-refractivity contribution in [2.45, 2.75) is 6.18 Å². The monoisotopic (exact) mass is 277 g/mol. The van der Waals surface area contributed by atoms with E-state index in [-0.39, 0.29) is 0 Å². The molecule has 0 unspecified atom stereocenters. The molecular formula is C15H10F3NO. The SMILES string of the molecule is COc1ccc(C#N)c(-c2ccc(C(F)(F)F)cc2)c1. The summed E-state index contributed by atoms with van der Waals surface area (Å²) in [6.45, 7) is 0. The quantitative estimate of drug-likeness (QED) is 0.822. The van der Waals surface area contributed by atoms with Gasteiger partial charge in [0.25, 0.3) is 0 Å². The zero-order valence-electron chi connectivity index (χ0n) is 10.5. The van der Waals surface area contributed by atoms with Crippen LogP contribution in [-0.4, -0.2) is 7.11 Å². The molecule has 0 bridgehead atoms. The van der Waals surface area contributed by atoms with Crippen molar-refractivity contribution in [1.29, 1.82) is 5.26 Å². The molecule has 0 amide bonds. The minimum absolute atomic E-state index is 0.380. The average Bonchev–Trinajstić information content (AvgIpc) is 2.45. The van der Waals surface area contributed by atoms with Gasteiger partial charge in [-0.05, 0) is 35.9 Å². The van der Waals surface area contributed by atoms with Crippen LogP contribution >= 0.6 is 0 Å². The first kappa shape index (κ1) is 13.9. The number of hydrogen-bond acceptors (Lipinski definition) is 2. The fourth-order valence-corrected chi connectivity index (χ4v) is 1.83. The molecule has 0 heterocycles. The van der Waals surface area contributed by atoms with Crippen molar-refractivity contribution in [3.8, 4) is 22.9 Å². The molecular weight excluding hydrogens is 267 g/mol. The second-order valence-electron chi connectivity index (χ2n) is 4.10. The Morgan fingerprint density at radius 1 is 1.05 bits per heavy atom. The number of halogens is 3. The largest absolute Gasteiger partial charge is 0.497 e. The Bertz CT molecular complexity index is 654. The van der Waals surface area contributed by atoms with Gasteiger partial charge < -0.3 is 4.74 Å². The van der Waals surface area contributed by atoms with Crippen LogP contribution < -0.4 is 4.74 Å². The van der Waals surface area contributed by atoms with Crippen molar-refractivity contribution < 1.29 is 17.9 Å². The van der Waals surface area contributed by atoms with E-state index in [4.69, 9.17) is 10.00 Å². The minimum atomic E-state index is -4.37. The molecule has 2 aromatic rings. The third kappa shape index (κ3) is 2.75. The first-order valence-electron chi connectivity index (χ1n) is 5.71. The van der Waals surface area contributed by atoms with Crippen LogP contribution in [0.1, 0.15) is 11.1 Å². The summed E-state index contributed by atoms with van der Waals surface area (Å²) in [5.41, 5.74) is 0.738.